The fraction of sp³-hybridized carbons (Fsp3) is 0.500. The molecule has 7 heteroatoms. The first kappa shape index (κ1) is 12.6. The summed E-state index contributed by atoms with van der Waals surface area (Å²) in [6.07, 6.45) is 2.71. The van der Waals surface area contributed by atoms with Gasteiger partial charge in [0.05, 0.1) is 17.9 Å². The third kappa shape index (κ3) is 1.96. The van der Waals surface area contributed by atoms with E-state index < -0.39 is 0 Å². The van der Waals surface area contributed by atoms with Crippen LogP contribution in [0.3, 0.4) is 0 Å². The Bertz CT molecular complexity index is 674. The van der Waals surface area contributed by atoms with E-state index in [4.69, 9.17) is 0 Å². The molecule has 0 saturated heterocycles. The van der Waals surface area contributed by atoms with Crippen LogP contribution in [0.15, 0.2) is 12.3 Å². The van der Waals surface area contributed by atoms with Crippen molar-refractivity contribution in [2.24, 2.45) is 0 Å². The molecule has 2 N–H and O–H groups in total. The van der Waals surface area contributed by atoms with Crippen LogP contribution in [0.5, 0.6) is 0 Å². The van der Waals surface area contributed by atoms with E-state index in [9.17, 15) is 4.79 Å². The molecular weight excluding hydrogens is 268 g/mol. The second-order valence-corrected chi connectivity index (χ2v) is 5.76. The summed E-state index contributed by atoms with van der Waals surface area (Å²) < 4.78 is 1.89. The van der Waals surface area contributed by atoms with Gasteiger partial charge in [-0.1, -0.05) is 0 Å². The number of rotatable bonds is 1. The van der Waals surface area contributed by atoms with Crippen LogP contribution in [0.25, 0.3) is 0 Å². The number of aromatic nitrogens is 4. The molecule has 110 valence electrons. The van der Waals surface area contributed by atoms with Gasteiger partial charge in [-0.2, -0.15) is 10.2 Å². The average molecular weight is 286 g/mol. The third-order valence-corrected chi connectivity index (χ3v) is 4.35. The van der Waals surface area contributed by atoms with Crippen LogP contribution >= 0.6 is 0 Å². The van der Waals surface area contributed by atoms with E-state index in [0.717, 1.165) is 42.2 Å². The second-order valence-electron chi connectivity index (χ2n) is 5.76. The molecule has 0 spiro atoms. The van der Waals surface area contributed by atoms with Crippen LogP contribution in [0.1, 0.15) is 33.4 Å². The molecule has 2 aromatic rings. The van der Waals surface area contributed by atoms with E-state index in [0.29, 0.717) is 13.1 Å². The monoisotopic (exact) mass is 286 g/mol. The smallest absolute Gasteiger partial charge is 0.272 e. The lowest BCUT2D eigenvalue weighted by Gasteiger charge is -2.19. The fourth-order valence-electron chi connectivity index (χ4n) is 3.27. The normalized spacial score (nSPS) is 21.9. The average Bonchev–Trinajstić information content (AvgIpc) is 3.10. The summed E-state index contributed by atoms with van der Waals surface area (Å²) >= 11 is 0. The van der Waals surface area contributed by atoms with Gasteiger partial charge in [0.2, 0.25) is 0 Å². The standard InChI is InChI=1S/C14H18N6O/c1-19-7-9(11-3-5-16-17-11)8-20-13(14(19)21)10-6-15-4-2-12(10)18-20/h3,5,9,15H,2,4,6-8H2,1H3,(H,16,17)/t9-/m0/s1. The number of hydrogen-bond acceptors (Lipinski definition) is 4. The van der Waals surface area contributed by atoms with Gasteiger partial charge in [0.25, 0.3) is 5.91 Å². The van der Waals surface area contributed by atoms with Gasteiger partial charge in [0.1, 0.15) is 5.69 Å². The molecule has 21 heavy (non-hydrogen) atoms. The highest BCUT2D eigenvalue weighted by atomic mass is 16.2. The summed E-state index contributed by atoms with van der Waals surface area (Å²) in [5, 5.41) is 15.2. The van der Waals surface area contributed by atoms with Crippen molar-refractivity contribution in [3.63, 3.8) is 0 Å². The van der Waals surface area contributed by atoms with Crippen molar-refractivity contribution in [1.82, 2.24) is 30.2 Å². The van der Waals surface area contributed by atoms with Gasteiger partial charge < -0.3 is 10.2 Å². The minimum Gasteiger partial charge on any atom is -0.340 e. The molecule has 7 nitrogen and oxygen atoms in total. The number of likely N-dealkylation sites (N-methyl/N-ethyl adjacent to an activating group) is 1. The Labute approximate surface area is 122 Å². The Morgan fingerprint density at radius 3 is 3.10 bits per heavy atom. The summed E-state index contributed by atoms with van der Waals surface area (Å²) in [6.45, 7) is 3.02. The number of nitrogens with zero attached hydrogens (tertiary/aromatic N) is 4. The molecular formula is C14H18N6O. The Balaban J connectivity index is 1.79. The number of fused-ring (bicyclic) bond motifs is 3. The van der Waals surface area contributed by atoms with Crippen molar-refractivity contribution >= 4 is 5.91 Å². The van der Waals surface area contributed by atoms with E-state index in [2.05, 4.69) is 20.6 Å². The van der Waals surface area contributed by atoms with E-state index in [1.54, 1.807) is 4.90 Å². The first-order valence-corrected chi connectivity index (χ1v) is 7.28. The molecule has 0 fully saturated rings. The first-order chi connectivity index (χ1) is 10.2. The van der Waals surface area contributed by atoms with Crippen molar-refractivity contribution in [3.8, 4) is 0 Å². The zero-order chi connectivity index (χ0) is 14.4. The summed E-state index contributed by atoms with van der Waals surface area (Å²) in [6, 6.07) is 1.97. The zero-order valence-corrected chi connectivity index (χ0v) is 12.0. The molecule has 0 bridgehead atoms. The maximum absolute atomic E-state index is 12.7. The summed E-state index contributed by atoms with van der Waals surface area (Å²) in [5.41, 5.74) is 3.86. The van der Waals surface area contributed by atoms with E-state index in [-0.39, 0.29) is 11.8 Å². The summed E-state index contributed by atoms with van der Waals surface area (Å²) in [5.74, 6) is 0.228. The lowest BCUT2D eigenvalue weighted by atomic mass is 10.1. The maximum Gasteiger partial charge on any atom is 0.272 e. The largest absolute Gasteiger partial charge is 0.340 e. The van der Waals surface area contributed by atoms with E-state index in [1.165, 1.54) is 0 Å². The van der Waals surface area contributed by atoms with Crippen LogP contribution in [-0.2, 0) is 19.5 Å². The molecule has 0 aliphatic carbocycles. The van der Waals surface area contributed by atoms with Crippen LogP contribution in [0, 0.1) is 0 Å². The number of nitrogens with one attached hydrogen (secondary N) is 2. The van der Waals surface area contributed by atoms with Gasteiger partial charge in [-0.15, -0.1) is 0 Å². The van der Waals surface area contributed by atoms with Crippen LogP contribution < -0.4 is 5.32 Å². The minimum atomic E-state index is 0.0606. The van der Waals surface area contributed by atoms with Gasteiger partial charge in [-0.05, 0) is 6.07 Å². The molecule has 4 heterocycles. The Kier molecular flexibility index (Phi) is 2.81. The molecule has 1 atom stereocenters. The SMILES string of the molecule is CN1C[C@H](c2cc[nH]n2)Cn2nc3c(c2C1=O)CNCC3. The Morgan fingerprint density at radius 2 is 2.29 bits per heavy atom. The number of carbonyl (C=O) groups is 1. The third-order valence-electron chi connectivity index (χ3n) is 4.35. The molecule has 2 aliphatic rings. The second kappa shape index (κ2) is 4.70. The van der Waals surface area contributed by atoms with Gasteiger partial charge in [0, 0.05) is 50.8 Å². The zero-order valence-electron chi connectivity index (χ0n) is 12.0. The summed E-state index contributed by atoms with van der Waals surface area (Å²) in [7, 11) is 1.85. The lowest BCUT2D eigenvalue weighted by molar-refractivity contribution is 0.0789. The number of H-pyrrole nitrogens is 1. The number of carbonyl (C=O) groups excluding carboxylic acids is 1. The topological polar surface area (TPSA) is 78.8 Å². The number of amides is 1. The van der Waals surface area contributed by atoms with Crippen molar-refractivity contribution in [1.29, 1.82) is 0 Å². The number of aromatic amines is 1. The first-order valence-electron chi connectivity index (χ1n) is 7.28. The highest BCUT2D eigenvalue weighted by Gasteiger charge is 2.33. The van der Waals surface area contributed by atoms with Crippen molar-refractivity contribution < 1.29 is 4.79 Å². The molecule has 0 saturated carbocycles. The van der Waals surface area contributed by atoms with Gasteiger partial charge in [-0.3, -0.25) is 14.6 Å². The Morgan fingerprint density at radius 1 is 1.38 bits per heavy atom. The molecule has 0 aromatic carbocycles. The predicted molar refractivity (Wildman–Crippen MR) is 75.9 cm³/mol. The van der Waals surface area contributed by atoms with Gasteiger partial charge >= 0.3 is 0 Å². The molecule has 2 aliphatic heterocycles. The van der Waals surface area contributed by atoms with Crippen LogP contribution in [0.4, 0.5) is 0 Å². The van der Waals surface area contributed by atoms with E-state index >= 15 is 0 Å². The molecule has 1 amide bonds. The van der Waals surface area contributed by atoms with Crippen LogP contribution in [0.2, 0.25) is 0 Å². The quantitative estimate of drug-likeness (QED) is 0.780. The number of hydrogen-bond donors (Lipinski definition) is 2. The fourth-order valence-corrected chi connectivity index (χ4v) is 3.27. The maximum atomic E-state index is 12.7. The van der Waals surface area contributed by atoms with Gasteiger partial charge in [0.15, 0.2) is 0 Å². The summed E-state index contributed by atoms with van der Waals surface area (Å²) in [4.78, 5) is 14.5. The van der Waals surface area contributed by atoms with Crippen LogP contribution in [-0.4, -0.2) is 50.9 Å². The molecule has 0 unspecified atom stereocenters. The Hall–Kier alpha value is -2.15. The van der Waals surface area contributed by atoms with Crippen molar-refractivity contribution in [2.45, 2.75) is 25.4 Å². The van der Waals surface area contributed by atoms with Crippen molar-refractivity contribution in [3.05, 3.63) is 34.9 Å². The van der Waals surface area contributed by atoms with Crippen molar-refractivity contribution in [2.75, 3.05) is 20.1 Å². The highest BCUT2D eigenvalue weighted by molar-refractivity contribution is 5.94. The molecule has 4 rings (SSSR count). The molecule has 0 radical (unpaired) electrons. The van der Waals surface area contributed by atoms with Gasteiger partial charge in [-0.25, -0.2) is 0 Å². The minimum absolute atomic E-state index is 0.0606. The highest BCUT2D eigenvalue weighted by Crippen LogP contribution is 2.27. The molecule has 2 aromatic heterocycles. The predicted octanol–water partition coefficient (Wildman–Crippen LogP) is 0.121. The lowest BCUT2D eigenvalue weighted by Crippen LogP contribution is -2.31. The van der Waals surface area contributed by atoms with E-state index in [1.807, 2.05) is 24.0 Å².